The number of allylic oxidation sites excluding steroid dienone is 5. The molecule has 0 N–H and O–H groups in total. The second-order valence-electron chi connectivity index (χ2n) is 4.86. The van der Waals surface area contributed by atoms with Gasteiger partial charge in [-0.05, 0) is 13.8 Å². The molecule has 0 radical (unpaired) electrons. The van der Waals surface area contributed by atoms with E-state index in [0.717, 1.165) is 0 Å². The van der Waals surface area contributed by atoms with Gasteiger partial charge in [-0.2, -0.15) is 42.3 Å². The van der Waals surface area contributed by atoms with E-state index in [-0.39, 0.29) is 0 Å². The van der Waals surface area contributed by atoms with E-state index in [1.54, 1.807) is 42.3 Å². The van der Waals surface area contributed by atoms with Crippen LogP contribution in [0.15, 0.2) is 54.6 Å². The molecule has 2 rings (SSSR count). The molecule has 0 aliphatic heterocycles. The van der Waals surface area contributed by atoms with Crippen LogP contribution in [0, 0.1) is 0 Å². The summed E-state index contributed by atoms with van der Waals surface area (Å²) in [5, 5.41) is 10.5. The molecule has 1 aromatic rings. The Hall–Kier alpha value is -0.966. The van der Waals surface area contributed by atoms with Crippen molar-refractivity contribution in [1.82, 2.24) is 0 Å². The Kier molecular flexibility index (Phi) is 29.1. The summed E-state index contributed by atoms with van der Waals surface area (Å²) in [7, 11) is 10.5. The Labute approximate surface area is 168 Å². The van der Waals surface area contributed by atoms with Gasteiger partial charge < -0.3 is 16.0 Å². The topological polar surface area (TPSA) is 42.3 Å². The van der Waals surface area contributed by atoms with Crippen LogP contribution in [0.1, 0.15) is 29.2 Å². The molecule has 1 aliphatic rings. The number of benzene rings is 1. The van der Waals surface area contributed by atoms with Crippen molar-refractivity contribution in [3.8, 4) is 0 Å². The fourth-order valence-corrected chi connectivity index (χ4v) is 2.03. The summed E-state index contributed by atoms with van der Waals surface area (Å²) in [6.07, 6.45) is 12.4. The Morgan fingerprint density at radius 3 is 1.56 bits per heavy atom. The summed E-state index contributed by atoms with van der Waals surface area (Å²) >= 11 is 2.22. The van der Waals surface area contributed by atoms with E-state index in [4.69, 9.17) is 0 Å². The van der Waals surface area contributed by atoms with Gasteiger partial charge in [-0.1, -0.05) is 24.3 Å². The monoisotopic (exact) mass is 377 g/mol. The average Bonchev–Trinajstić information content (AvgIpc) is 2.97. The number of hydrogen-bond acceptors (Lipinski definition) is 0. The van der Waals surface area contributed by atoms with Crippen LogP contribution in [0.2, 0.25) is 0 Å². The molecule has 3 nitrogen and oxygen atoms in total. The molecule has 0 heterocycles. The molecule has 25 heavy (non-hydrogen) atoms. The minimum absolute atomic E-state index is 0.621. The van der Waals surface area contributed by atoms with Crippen LogP contribution in [-0.2, 0) is 20.4 Å². The maximum atomic E-state index is 3.50. The van der Waals surface area contributed by atoms with Crippen molar-refractivity contribution in [3.05, 3.63) is 81.7 Å². The molecule has 0 saturated carbocycles. The third-order valence-electron chi connectivity index (χ3n) is 2.30. The van der Waals surface area contributed by atoms with E-state index >= 15 is 0 Å². The molecule has 1 aromatic carbocycles. The molecular formula is C21H35N3Ti. The molecule has 0 amide bonds. The van der Waals surface area contributed by atoms with Gasteiger partial charge in [0.05, 0.1) is 0 Å². The van der Waals surface area contributed by atoms with E-state index in [9.17, 15) is 0 Å². The van der Waals surface area contributed by atoms with E-state index in [0.29, 0.717) is 4.22 Å². The zero-order chi connectivity index (χ0) is 19.9. The zero-order valence-electron chi connectivity index (χ0n) is 17.2. The van der Waals surface area contributed by atoms with Gasteiger partial charge >= 0.3 is 72.2 Å². The normalized spacial score (nSPS) is 13.4. The molecule has 0 saturated heterocycles. The summed E-state index contributed by atoms with van der Waals surface area (Å²) in [5.41, 5.74) is 2.84. The summed E-state index contributed by atoms with van der Waals surface area (Å²) in [5.74, 6) is 0. The van der Waals surface area contributed by atoms with Gasteiger partial charge in [-0.3, -0.25) is 0 Å². The van der Waals surface area contributed by atoms with E-state index in [2.05, 4.69) is 72.8 Å². The van der Waals surface area contributed by atoms with Crippen molar-refractivity contribution in [2.45, 2.75) is 18.1 Å². The summed E-state index contributed by atoms with van der Waals surface area (Å²) in [4.78, 5) is 0. The van der Waals surface area contributed by atoms with Crippen LogP contribution in [0.4, 0.5) is 0 Å². The Bertz CT molecular complexity index is 439. The number of rotatable bonds is 1. The first-order valence-electron chi connectivity index (χ1n) is 8.20. The average molecular weight is 377 g/mol. The second kappa shape index (κ2) is 25.3. The van der Waals surface area contributed by atoms with E-state index < -0.39 is 0 Å². The fourth-order valence-electron chi connectivity index (χ4n) is 1.47. The molecular weight excluding hydrogens is 342 g/mol. The third kappa shape index (κ3) is 21.0. The van der Waals surface area contributed by atoms with Crippen molar-refractivity contribution in [1.29, 1.82) is 0 Å². The van der Waals surface area contributed by atoms with Crippen LogP contribution >= 0.6 is 0 Å². The number of hydrogen-bond donors (Lipinski definition) is 0. The summed E-state index contributed by atoms with van der Waals surface area (Å²) in [6, 6.07) is 8.54. The van der Waals surface area contributed by atoms with Crippen molar-refractivity contribution < 1.29 is 20.4 Å². The summed E-state index contributed by atoms with van der Waals surface area (Å²) < 4.78 is 0.621. The molecule has 1 atom stereocenters. The molecule has 1 aliphatic carbocycles. The van der Waals surface area contributed by atoms with E-state index in [1.807, 2.05) is 38.2 Å². The minimum atomic E-state index is 0.621. The first kappa shape index (κ1) is 28.8. The van der Waals surface area contributed by atoms with Crippen molar-refractivity contribution in [2.75, 3.05) is 42.3 Å². The summed E-state index contributed by atoms with van der Waals surface area (Å²) in [6.45, 7) is 4.00. The van der Waals surface area contributed by atoms with Crippen molar-refractivity contribution in [2.24, 2.45) is 0 Å². The molecule has 138 valence electrons. The maximum absolute atomic E-state index is 3.50. The fraction of sp³-hybridized carbons (Fsp3) is 0.429. The Balaban J connectivity index is -0.000000279. The Morgan fingerprint density at radius 1 is 0.800 bits per heavy atom. The number of fused-ring (bicyclic) bond motifs is 1. The van der Waals surface area contributed by atoms with Gasteiger partial charge in [0, 0.05) is 0 Å². The molecule has 0 fully saturated rings. The predicted octanol–water partition coefficient (Wildman–Crippen LogP) is 6.30. The van der Waals surface area contributed by atoms with Gasteiger partial charge in [-0.25, -0.2) is 0 Å². The van der Waals surface area contributed by atoms with Crippen molar-refractivity contribution >= 4 is 6.08 Å². The predicted molar refractivity (Wildman–Crippen MR) is 113 cm³/mol. The molecule has 0 spiro atoms. The van der Waals surface area contributed by atoms with Gasteiger partial charge in [-0.15, -0.1) is 0 Å². The second-order valence-corrected chi connectivity index (χ2v) is 5.83. The van der Waals surface area contributed by atoms with E-state index in [1.165, 1.54) is 11.1 Å². The SMILES string of the molecule is CC=CC=CC.C[N-]C.C[N-]C.C[N-]C.[Ti+3][CH]1C=Cc2ccccc21. The van der Waals surface area contributed by atoms with Crippen LogP contribution in [0.3, 0.4) is 0 Å². The van der Waals surface area contributed by atoms with Crippen LogP contribution in [0.25, 0.3) is 22.0 Å². The molecule has 0 aromatic heterocycles. The van der Waals surface area contributed by atoms with Gasteiger partial charge in [0.2, 0.25) is 0 Å². The first-order valence-corrected chi connectivity index (χ1v) is 9.10. The first-order chi connectivity index (χ1) is 12.0. The Morgan fingerprint density at radius 2 is 1.20 bits per heavy atom. The molecule has 0 bridgehead atoms. The number of nitrogens with zero attached hydrogens (tertiary/aromatic N) is 3. The van der Waals surface area contributed by atoms with Crippen LogP contribution < -0.4 is 0 Å². The van der Waals surface area contributed by atoms with Gasteiger partial charge in [0.1, 0.15) is 0 Å². The zero-order valence-corrected chi connectivity index (χ0v) is 18.8. The van der Waals surface area contributed by atoms with Crippen LogP contribution in [0.5, 0.6) is 0 Å². The van der Waals surface area contributed by atoms with Crippen molar-refractivity contribution in [3.63, 3.8) is 0 Å². The van der Waals surface area contributed by atoms with Crippen LogP contribution in [-0.4, -0.2) is 42.3 Å². The third-order valence-corrected chi connectivity index (χ3v) is 3.08. The molecule has 4 heteroatoms. The molecule has 1 unspecified atom stereocenters. The van der Waals surface area contributed by atoms with Gasteiger partial charge in [0.15, 0.2) is 0 Å². The van der Waals surface area contributed by atoms with Gasteiger partial charge in [0.25, 0.3) is 0 Å². The quantitative estimate of drug-likeness (QED) is 0.407. The standard InChI is InChI=1S/C9H7.C6H10.3C2H6N.Ti/c1-2-5-9-7-3-6-8(9)4-1;1-3-5-6-4-2;3*1-3-2;/h1-7H;3-6H,1-2H3;3*1-2H3;/q;;3*-1;+3.